The molecule has 9 nitrogen and oxygen atoms in total. The summed E-state index contributed by atoms with van der Waals surface area (Å²) >= 11 is 1.26. The number of benzene rings is 1. The van der Waals surface area contributed by atoms with Gasteiger partial charge in [0, 0.05) is 38.7 Å². The van der Waals surface area contributed by atoms with Crippen LogP contribution in [0.4, 0.5) is 10.2 Å². The number of aryl methyl sites for hydroxylation is 1. The van der Waals surface area contributed by atoms with E-state index in [4.69, 9.17) is 9.72 Å². The van der Waals surface area contributed by atoms with Gasteiger partial charge < -0.3 is 14.2 Å². The van der Waals surface area contributed by atoms with Gasteiger partial charge in [-0.05, 0) is 49.6 Å². The Morgan fingerprint density at radius 3 is 2.58 bits per heavy atom. The molecule has 5 rings (SSSR count). The van der Waals surface area contributed by atoms with Gasteiger partial charge in [0.15, 0.2) is 16.6 Å². The van der Waals surface area contributed by atoms with Crippen molar-refractivity contribution in [1.82, 2.24) is 23.8 Å². The van der Waals surface area contributed by atoms with Gasteiger partial charge in [0.25, 0.3) is 11.8 Å². The molecule has 0 saturated carbocycles. The molecule has 33 heavy (non-hydrogen) atoms. The summed E-state index contributed by atoms with van der Waals surface area (Å²) in [6.07, 6.45) is 0.0621. The van der Waals surface area contributed by atoms with Crippen LogP contribution >= 0.6 is 11.5 Å². The topological polar surface area (TPSA) is 93.4 Å². The van der Waals surface area contributed by atoms with E-state index in [1.807, 2.05) is 18.4 Å². The summed E-state index contributed by atoms with van der Waals surface area (Å²) in [5.41, 5.74) is 1.18. The number of carbonyl (C=O) groups is 2. The van der Waals surface area contributed by atoms with Crippen LogP contribution in [0.2, 0.25) is 0 Å². The standard InChI is InChI=1S/C22H23FN6O3S/c1-12-17-18(29-9-8-16(32-3)22(29)31)25-19(20-24-13(2)26-33-20)28(17)11-10-27(12)21(30)14-4-6-15(23)7-5-14/h4-7,12,16H,8-11H2,1-3H3. The summed E-state index contributed by atoms with van der Waals surface area (Å²) < 4.78 is 25.0. The van der Waals surface area contributed by atoms with Crippen LogP contribution in [0.15, 0.2) is 24.3 Å². The van der Waals surface area contributed by atoms with Gasteiger partial charge in [-0.3, -0.25) is 14.5 Å². The minimum Gasteiger partial charge on any atom is -0.372 e. The number of hydrogen-bond acceptors (Lipinski definition) is 7. The van der Waals surface area contributed by atoms with Gasteiger partial charge in [-0.25, -0.2) is 14.4 Å². The Hall–Kier alpha value is -3.18. The summed E-state index contributed by atoms with van der Waals surface area (Å²) in [4.78, 5) is 38.9. The first-order valence-corrected chi connectivity index (χ1v) is 11.5. The molecule has 1 aromatic carbocycles. The fourth-order valence-corrected chi connectivity index (χ4v) is 5.18. The van der Waals surface area contributed by atoms with E-state index in [2.05, 4.69) is 9.36 Å². The van der Waals surface area contributed by atoms with E-state index >= 15 is 0 Å². The quantitative estimate of drug-likeness (QED) is 0.582. The summed E-state index contributed by atoms with van der Waals surface area (Å²) in [7, 11) is 1.52. The van der Waals surface area contributed by atoms with Gasteiger partial charge in [0.1, 0.15) is 17.7 Å². The lowest BCUT2D eigenvalue weighted by Crippen LogP contribution is -2.42. The molecule has 0 N–H and O–H groups in total. The monoisotopic (exact) mass is 470 g/mol. The normalized spacial score (nSPS) is 20.4. The number of methoxy groups -OCH3 is 1. The highest BCUT2D eigenvalue weighted by Crippen LogP contribution is 2.39. The Kier molecular flexibility index (Phi) is 5.45. The van der Waals surface area contributed by atoms with Gasteiger partial charge in [0.05, 0.1) is 11.7 Å². The average Bonchev–Trinajstić information content (AvgIpc) is 3.50. The molecule has 3 aromatic rings. The first-order valence-electron chi connectivity index (χ1n) is 10.7. The lowest BCUT2D eigenvalue weighted by Gasteiger charge is -2.36. The molecule has 2 unspecified atom stereocenters. The van der Waals surface area contributed by atoms with E-state index < -0.39 is 11.9 Å². The Labute approximate surface area is 194 Å². The van der Waals surface area contributed by atoms with Crippen LogP contribution in [0.5, 0.6) is 0 Å². The van der Waals surface area contributed by atoms with Crippen LogP contribution in [-0.4, -0.2) is 61.9 Å². The lowest BCUT2D eigenvalue weighted by molar-refractivity contribution is -0.125. The first kappa shape index (κ1) is 21.7. The molecule has 0 radical (unpaired) electrons. The molecule has 0 aliphatic carbocycles. The maximum absolute atomic E-state index is 13.4. The van der Waals surface area contributed by atoms with Crippen LogP contribution in [0.3, 0.4) is 0 Å². The largest absolute Gasteiger partial charge is 0.372 e. The number of rotatable bonds is 4. The lowest BCUT2D eigenvalue weighted by atomic mass is 10.1. The number of fused-ring (bicyclic) bond motifs is 1. The molecule has 2 aliphatic heterocycles. The van der Waals surface area contributed by atoms with Crippen molar-refractivity contribution >= 4 is 29.2 Å². The van der Waals surface area contributed by atoms with Crippen molar-refractivity contribution in [3.05, 3.63) is 47.2 Å². The molecular weight excluding hydrogens is 447 g/mol. The second kappa shape index (κ2) is 8.31. The minimum absolute atomic E-state index is 0.146. The van der Waals surface area contributed by atoms with Gasteiger partial charge in [0.2, 0.25) is 0 Å². The summed E-state index contributed by atoms with van der Waals surface area (Å²) in [6.45, 7) is 5.15. The maximum atomic E-state index is 13.4. The number of amides is 2. The Morgan fingerprint density at radius 2 is 1.94 bits per heavy atom. The molecule has 4 heterocycles. The van der Waals surface area contributed by atoms with Crippen molar-refractivity contribution in [2.75, 3.05) is 25.1 Å². The van der Waals surface area contributed by atoms with Gasteiger partial charge in [-0.2, -0.15) is 4.37 Å². The number of hydrogen-bond donors (Lipinski definition) is 0. The zero-order valence-electron chi connectivity index (χ0n) is 18.5. The van der Waals surface area contributed by atoms with Gasteiger partial charge >= 0.3 is 0 Å². The third kappa shape index (κ3) is 3.61. The summed E-state index contributed by atoms with van der Waals surface area (Å²) in [6, 6.07) is 5.16. The summed E-state index contributed by atoms with van der Waals surface area (Å²) in [5.74, 6) is 1.08. The number of ether oxygens (including phenoxy) is 1. The highest BCUT2D eigenvalue weighted by atomic mass is 32.1. The zero-order chi connectivity index (χ0) is 23.3. The minimum atomic E-state index is -0.509. The molecule has 2 aromatic heterocycles. The predicted molar refractivity (Wildman–Crippen MR) is 119 cm³/mol. The SMILES string of the molecule is COC1CCN(c2nc(-c3nc(C)ns3)n3c2C(C)N(C(=O)c2ccc(F)cc2)CC3)C1=O. The fourth-order valence-electron chi connectivity index (χ4n) is 4.51. The Bertz CT molecular complexity index is 1220. The molecule has 2 aliphatic rings. The van der Waals surface area contributed by atoms with Crippen molar-refractivity contribution in [2.24, 2.45) is 0 Å². The van der Waals surface area contributed by atoms with E-state index in [1.54, 1.807) is 9.80 Å². The van der Waals surface area contributed by atoms with Crippen LogP contribution in [0.25, 0.3) is 10.8 Å². The van der Waals surface area contributed by atoms with Crippen LogP contribution in [0.1, 0.15) is 41.3 Å². The van der Waals surface area contributed by atoms with Crippen molar-refractivity contribution in [2.45, 2.75) is 39.0 Å². The second-order valence-electron chi connectivity index (χ2n) is 8.13. The number of imidazole rings is 1. The molecule has 11 heteroatoms. The highest BCUT2D eigenvalue weighted by molar-refractivity contribution is 7.09. The van der Waals surface area contributed by atoms with Gasteiger partial charge in [-0.15, -0.1) is 0 Å². The predicted octanol–water partition coefficient (Wildman–Crippen LogP) is 2.82. The molecule has 1 fully saturated rings. The van der Waals surface area contributed by atoms with E-state index in [0.717, 1.165) is 5.69 Å². The number of aromatic nitrogens is 4. The van der Waals surface area contributed by atoms with E-state index in [0.29, 0.717) is 54.1 Å². The molecule has 0 bridgehead atoms. The molecular formula is C22H23FN6O3S. The fraction of sp³-hybridized carbons (Fsp3) is 0.409. The molecule has 172 valence electrons. The van der Waals surface area contributed by atoms with Crippen LogP contribution < -0.4 is 4.90 Å². The Morgan fingerprint density at radius 1 is 1.18 bits per heavy atom. The first-order chi connectivity index (χ1) is 15.9. The second-order valence-corrected chi connectivity index (χ2v) is 8.88. The third-order valence-corrected chi connectivity index (χ3v) is 6.98. The summed E-state index contributed by atoms with van der Waals surface area (Å²) in [5, 5.41) is 0.667. The Balaban J connectivity index is 1.58. The molecule has 0 spiro atoms. The van der Waals surface area contributed by atoms with Crippen molar-refractivity contribution in [1.29, 1.82) is 0 Å². The average molecular weight is 471 g/mol. The molecule has 1 saturated heterocycles. The molecule has 2 amide bonds. The van der Waals surface area contributed by atoms with E-state index in [1.165, 1.54) is 42.9 Å². The maximum Gasteiger partial charge on any atom is 0.257 e. The number of carbonyl (C=O) groups excluding carboxylic acids is 2. The highest BCUT2D eigenvalue weighted by Gasteiger charge is 2.41. The zero-order valence-corrected chi connectivity index (χ0v) is 19.3. The van der Waals surface area contributed by atoms with Crippen LogP contribution in [0, 0.1) is 12.7 Å². The van der Waals surface area contributed by atoms with E-state index in [-0.39, 0.29) is 17.9 Å². The smallest absolute Gasteiger partial charge is 0.257 e. The van der Waals surface area contributed by atoms with Crippen molar-refractivity contribution in [3.63, 3.8) is 0 Å². The van der Waals surface area contributed by atoms with Crippen LogP contribution in [-0.2, 0) is 16.1 Å². The molecule has 2 atom stereocenters. The number of nitrogens with zero attached hydrogens (tertiary/aromatic N) is 6. The number of halogens is 1. The van der Waals surface area contributed by atoms with Gasteiger partial charge in [-0.1, -0.05) is 0 Å². The van der Waals surface area contributed by atoms with Crippen molar-refractivity contribution in [3.8, 4) is 10.8 Å². The number of anilines is 1. The van der Waals surface area contributed by atoms with Crippen molar-refractivity contribution < 1.29 is 18.7 Å². The van der Waals surface area contributed by atoms with E-state index in [9.17, 15) is 14.0 Å². The third-order valence-electron chi connectivity index (χ3n) is 6.18.